The zero-order chi connectivity index (χ0) is 13.4. The Balaban J connectivity index is 1.96. The molecule has 0 bridgehead atoms. The summed E-state index contributed by atoms with van der Waals surface area (Å²) in [6.45, 7) is 0. The summed E-state index contributed by atoms with van der Waals surface area (Å²) in [5.74, 6) is 0.327. The molecular formula is C14H12N2O3. The van der Waals surface area contributed by atoms with E-state index in [1.54, 1.807) is 6.07 Å². The van der Waals surface area contributed by atoms with E-state index in [2.05, 4.69) is 4.98 Å². The van der Waals surface area contributed by atoms with E-state index in [0.29, 0.717) is 12.2 Å². The predicted octanol–water partition coefficient (Wildman–Crippen LogP) is 2.46. The van der Waals surface area contributed by atoms with E-state index >= 15 is 0 Å². The van der Waals surface area contributed by atoms with Crippen LogP contribution in [-0.2, 0) is 13.5 Å². The molecule has 0 amide bonds. The van der Waals surface area contributed by atoms with Crippen LogP contribution < -0.4 is 0 Å². The van der Waals surface area contributed by atoms with Crippen LogP contribution in [0.15, 0.2) is 40.8 Å². The predicted molar refractivity (Wildman–Crippen MR) is 69.2 cm³/mol. The van der Waals surface area contributed by atoms with Crippen molar-refractivity contribution in [1.82, 2.24) is 9.55 Å². The topological polar surface area (TPSA) is 68.3 Å². The maximum atomic E-state index is 10.8. The molecule has 0 radical (unpaired) electrons. The van der Waals surface area contributed by atoms with Crippen molar-refractivity contribution in [3.05, 3.63) is 53.7 Å². The number of hydrogen-bond donors (Lipinski definition) is 1. The third-order valence-electron chi connectivity index (χ3n) is 3.08. The minimum atomic E-state index is -1.06. The molecule has 1 aromatic carbocycles. The number of aryl methyl sites for hydroxylation is 1. The van der Waals surface area contributed by atoms with Crippen molar-refractivity contribution in [1.29, 1.82) is 0 Å². The Morgan fingerprint density at radius 3 is 2.79 bits per heavy atom. The second-order valence-electron chi connectivity index (χ2n) is 4.32. The van der Waals surface area contributed by atoms with Crippen LogP contribution >= 0.6 is 0 Å². The number of para-hydroxylation sites is 2. The van der Waals surface area contributed by atoms with Crippen LogP contribution in [0, 0.1) is 0 Å². The number of aromatic nitrogens is 2. The highest BCUT2D eigenvalue weighted by molar-refractivity contribution is 5.84. The van der Waals surface area contributed by atoms with Gasteiger partial charge in [0.05, 0.1) is 17.5 Å². The van der Waals surface area contributed by atoms with Crippen LogP contribution in [-0.4, -0.2) is 20.6 Å². The van der Waals surface area contributed by atoms with Crippen LogP contribution in [0.2, 0.25) is 0 Å². The Bertz CT molecular complexity index is 755. The summed E-state index contributed by atoms with van der Waals surface area (Å²) in [6, 6.07) is 11.0. The molecule has 3 aromatic rings. The van der Waals surface area contributed by atoms with Gasteiger partial charge in [-0.1, -0.05) is 12.1 Å². The van der Waals surface area contributed by atoms with Gasteiger partial charge in [-0.3, -0.25) is 0 Å². The third-order valence-corrected chi connectivity index (χ3v) is 3.08. The first kappa shape index (κ1) is 11.5. The Labute approximate surface area is 109 Å². The third kappa shape index (κ3) is 1.99. The van der Waals surface area contributed by atoms with E-state index in [1.807, 2.05) is 35.9 Å². The number of rotatable bonds is 3. The number of hydrogen-bond acceptors (Lipinski definition) is 3. The molecular weight excluding hydrogens is 244 g/mol. The molecule has 0 unspecified atom stereocenters. The number of carboxylic acid groups (broad SMARTS) is 1. The monoisotopic (exact) mass is 256 g/mol. The van der Waals surface area contributed by atoms with Crippen molar-refractivity contribution in [3.63, 3.8) is 0 Å². The summed E-state index contributed by atoms with van der Waals surface area (Å²) in [5, 5.41) is 8.82. The average molecular weight is 256 g/mol. The SMILES string of the molecule is Cn1c(Cc2ccc(C(=O)O)o2)nc2ccccc21. The van der Waals surface area contributed by atoms with E-state index in [0.717, 1.165) is 16.9 Å². The molecule has 5 heteroatoms. The van der Waals surface area contributed by atoms with Crippen LogP contribution in [0.3, 0.4) is 0 Å². The molecule has 0 spiro atoms. The highest BCUT2D eigenvalue weighted by Crippen LogP contribution is 2.18. The number of aromatic carboxylic acids is 1. The largest absolute Gasteiger partial charge is 0.475 e. The van der Waals surface area contributed by atoms with Crippen LogP contribution in [0.4, 0.5) is 0 Å². The Hall–Kier alpha value is -2.56. The minimum Gasteiger partial charge on any atom is -0.475 e. The van der Waals surface area contributed by atoms with E-state index in [1.165, 1.54) is 6.07 Å². The Morgan fingerprint density at radius 1 is 1.32 bits per heavy atom. The second-order valence-corrected chi connectivity index (χ2v) is 4.32. The molecule has 0 aliphatic carbocycles. The fourth-order valence-electron chi connectivity index (χ4n) is 2.10. The summed E-state index contributed by atoms with van der Waals surface area (Å²) in [5.41, 5.74) is 1.97. The molecule has 0 saturated heterocycles. The van der Waals surface area contributed by atoms with E-state index in [4.69, 9.17) is 9.52 Å². The summed E-state index contributed by atoms with van der Waals surface area (Å²) < 4.78 is 7.23. The normalized spacial score (nSPS) is 11.0. The molecule has 5 nitrogen and oxygen atoms in total. The molecule has 96 valence electrons. The van der Waals surface area contributed by atoms with Crippen LogP contribution in [0.5, 0.6) is 0 Å². The fourth-order valence-corrected chi connectivity index (χ4v) is 2.10. The van der Waals surface area contributed by atoms with Gasteiger partial charge >= 0.3 is 5.97 Å². The van der Waals surface area contributed by atoms with Gasteiger partial charge in [-0.25, -0.2) is 9.78 Å². The maximum absolute atomic E-state index is 10.8. The summed E-state index contributed by atoms with van der Waals surface area (Å²) in [6.07, 6.45) is 0.471. The fraction of sp³-hybridized carbons (Fsp3) is 0.143. The van der Waals surface area contributed by atoms with Gasteiger partial charge in [0.15, 0.2) is 0 Å². The first-order valence-corrected chi connectivity index (χ1v) is 5.87. The van der Waals surface area contributed by atoms with Gasteiger partial charge in [-0.2, -0.15) is 0 Å². The zero-order valence-corrected chi connectivity index (χ0v) is 10.3. The number of carbonyl (C=O) groups is 1. The number of furan rings is 1. The zero-order valence-electron chi connectivity index (χ0n) is 10.3. The molecule has 2 heterocycles. The number of nitrogens with zero attached hydrogens (tertiary/aromatic N) is 2. The second kappa shape index (κ2) is 4.28. The van der Waals surface area contributed by atoms with Gasteiger partial charge in [0.2, 0.25) is 5.76 Å². The van der Waals surface area contributed by atoms with Gasteiger partial charge in [0, 0.05) is 7.05 Å². The van der Waals surface area contributed by atoms with Crippen molar-refractivity contribution in [3.8, 4) is 0 Å². The molecule has 2 aromatic heterocycles. The lowest BCUT2D eigenvalue weighted by Crippen LogP contribution is -1.98. The van der Waals surface area contributed by atoms with Crippen LogP contribution in [0.1, 0.15) is 22.1 Å². The summed E-state index contributed by atoms with van der Waals surface area (Å²) >= 11 is 0. The van der Waals surface area contributed by atoms with Crippen molar-refractivity contribution in [2.75, 3.05) is 0 Å². The van der Waals surface area contributed by atoms with Crippen molar-refractivity contribution >= 4 is 17.0 Å². The molecule has 19 heavy (non-hydrogen) atoms. The Morgan fingerprint density at radius 2 is 2.11 bits per heavy atom. The van der Waals surface area contributed by atoms with Gasteiger partial charge in [-0.05, 0) is 24.3 Å². The summed E-state index contributed by atoms with van der Waals surface area (Å²) in [4.78, 5) is 15.3. The summed E-state index contributed by atoms with van der Waals surface area (Å²) in [7, 11) is 1.94. The standard InChI is InChI=1S/C14H12N2O3/c1-16-11-5-3-2-4-10(11)15-13(16)8-9-6-7-12(19-9)14(17)18/h2-7H,8H2,1H3,(H,17,18). The molecule has 0 fully saturated rings. The van der Waals surface area contributed by atoms with E-state index in [-0.39, 0.29) is 5.76 Å². The lowest BCUT2D eigenvalue weighted by atomic mass is 10.3. The van der Waals surface area contributed by atoms with Crippen LogP contribution in [0.25, 0.3) is 11.0 Å². The first-order chi connectivity index (χ1) is 9.15. The van der Waals surface area contributed by atoms with Gasteiger partial charge in [-0.15, -0.1) is 0 Å². The number of imidazole rings is 1. The average Bonchev–Trinajstić information content (AvgIpc) is 2.97. The Kier molecular flexibility index (Phi) is 2.59. The lowest BCUT2D eigenvalue weighted by molar-refractivity contribution is 0.0660. The minimum absolute atomic E-state index is 0.0474. The van der Waals surface area contributed by atoms with Crippen molar-refractivity contribution in [2.24, 2.45) is 7.05 Å². The first-order valence-electron chi connectivity index (χ1n) is 5.87. The van der Waals surface area contributed by atoms with Gasteiger partial charge in [0.1, 0.15) is 11.6 Å². The number of carboxylic acids is 1. The number of benzene rings is 1. The molecule has 3 rings (SSSR count). The van der Waals surface area contributed by atoms with E-state index in [9.17, 15) is 4.79 Å². The molecule has 0 saturated carbocycles. The van der Waals surface area contributed by atoms with E-state index < -0.39 is 5.97 Å². The molecule has 0 aliphatic rings. The highest BCUT2D eigenvalue weighted by atomic mass is 16.4. The maximum Gasteiger partial charge on any atom is 0.371 e. The molecule has 1 N–H and O–H groups in total. The number of fused-ring (bicyclic) bond motifs is 1. The highest BCUT2D eigenvalue weighted by Gasteiger charge is 2.12. The smallest absolute Gasteiger partial charge is 0.371 e. The molecule has 0 aliphatic heterocycles. The van der Waals surface area contributed by atoms with Gasteiger partial charge < -0.3 is 14.1 Å². The molecule has 0 atom stereocenters. The lowest BCUT2D eigenvalue weighted by Gasteiger charge is -1.99. The van der Waals surface area contributed by atoms with Gasteiger partial charge in [0.25, 0.3) is 0 Å². The van der Waals surface area contributed by atoms with Crippen molar-refractivity contribution < 1.29 is 14.3 Å². The van der Waals surface area contributed by atoms with Crippen molar-refractivity contribution in [2.45, 2.75) is 6.42 Å². The quantitative estimate of drug-likeness (QED) is 0.781.